The molecule has 1 N–H and O–H groups in total. The van der Waals surface area contributed by atoms with E-state index in [1.54, 1.807) is 0 Å². The van der Waals surface area contributed by atoms with Gasteiger partial charge in [0.25, 0.3) is 0 Å². The van der Waals surface area contributed by atoms with Gasteiger partial charge in [-0.05, 0) is 38.8 Å². The monoisotopic (exact) mass is 277 g/mol. The number of hydrogen-bond acceptors (Lipinski definition) is 3. The van der Waals surface area contributed by atoms with Gasteiger partial charge in [-0.2, -0.15) is 0 Å². The van der Waals surface area contributed by atoms with Gasteiger partial charge in [0, 0.05) is 42.8 Å². The molecule has 1 rings (SSSR count). The first-order chi connectivity index (χ1) is 9.45. The maximum atomic E-state index is 4.46. The molecule has 0 radical (unpaired) electrons. The first-order valence-electron chi connectivity index (χ1n) is 7.84. The first-order valence-corrected chi connectivity index (χ1v) is 7.84. The van der Waals surface area contributed by atoms with Crippen molar-refractivity contribution in [3.63, 3.8) is 0 Å². The second-order valence-electron chi connectivity index (χ2n) is 6.23. The third kappa shape index (κ3) is 5.12. The summed E-state index contributed by atoms with van der Waals surface area (Å²) in [6.07, 6.45) is 4.46. The number of anilines is 1. The van der Waals surface area contributed by atoms with Crippen molar-refractivity contribution in [3.8, 4) is 0 Å². The van der Waals surface area contributed by atoms with E-state index in [2.05, 4.69) is 62.9 Å². The van der Waals surface area contributed by atoms with Gasteiger partial charge in [0.15, 0.2) is 0 Å². The summed E-state index contributed by atoms with van der Waals surface area (Å²) < 4.78 is 0. The van der Waals surface area contributed by atoms with Crippen LogP contribution in [0.4, 0.5) is 5.69 Å². The molecule has 1 aromatic rings. The number of hydrogen-bond donors (Lipinski definition) is 1. The van der Waals surface area contributed by atoms with Gasteiger partial charge in [-0.1, -0.05) is 27.2 Å². The quantitative estimate of drug-likeness (QED) is 0.784. The van der Waals surface area contributed by atoms with Crippen LogP contribution in [0.5, 0.6) is 0 Å². The predicted molar refractivity (Wildman–Crippen MR) is 88.3 cm³/mol. The van der Waals surface area contributed by atoms with Crippen LogP contribution in [0.2, 0.25) is 0 Å². The summed E-state index contributed by atoms with van der Waals surface area (Å²) in [5.41, 5.74) is 3.69. The van der Waals surface area contributed by atoms with Crippen LogP contribution in [0, 0.1) is 12.8 Å². The van der Waals surface area contributed by atoms with Crippen molar-refractivity contribution in [3.05, 3.63) is 23.5 Å². The normalized spacial score (nSPS) is 12.8. The third-order valence-electron chi connectivity index (χ3n) is 3.71. The van der Waals surface area contributed by atoms with Gasteiger partial charge in [0.2, 0.25) is 0 Å². The van der Waals surface area contributed by atoms with Gasteiger partial charge >= 0.3 is 0 Å². The van der Waals surface area contributed by atoms with Crippen LogP contribution >= 0.6 is 0 Å². The number of nitrogens with zero attached hydrogens (tertiary/aromatic N) is 2. The minimum Gasteiger partial charge on any atom is -0.372 e. The fourth-order valence-electron chi connectivity index (χ4n) is 2.38. The highest BCUT2D eigenvalue weighted by molar-refractivity contribution is 5.53. The van der Waals surface area contributed by atoms with Gasteiger partial charge in [-0.3, -0.25) is 4.98 Å². The molecule has 0 aromatic carbocycles. The molecule has 0 aliphatic carbocycles. The maximum absolute atomic E-state index is 4.46. The Labute approximate surface area is 124 Å². The summed E-state index contributed by atoms with van der Waals surface area (Å²) in [6.45, 7) is 13.0. The summed E-state index contributed by atoms with van der Waals surface area (Å²) in [4.78, 5) is 6.85. The van der Waals surface area contributed by atoms with Gasteiger partial charge in [0.05, 0.1) is 0 Å². The van der Waals surface area contributed by atoms with E-state index in [1.807, 2.05) is 6.20 Å². The maximum Gasteiger partial charge on any atom is 0.0445 e. The average molecular weight is 277 g/mol. The van der Waals surface area contributed by atoms with Crippen LogP contribution < -0.4 is 10.2 Å². The molecular formula is C17H31N3. The van der Waals surface area contributed by atoms with Crippen LogP contribution in [0.15, 0.2) is 12.3 Å². The summed E-state index contributed by atoms with van der Waals surface area (Å²) in [6, 6.07) is 2.77. The smallest absolute Gasteiger partial charge is 0.0445 e. The molecule has 0 saturated carbocycles. The lowest BCUT2D eigenvalue weighted by Gasteiger charge is -2.29. The average Bonchev–Trinajstić information content (AvgIpc) is 2.39. The van der Waals surface area contributed by atoms with Crippen molar-refractivity contribution in [2.75, 3.05) is 18.5 Å². The van der Waals surface area contributed by atoms with Crippen molar-refractivity contribution in [1.29, 1.82) is 0 Å². The molecule has 114 valence electrons. The number of rotatable bonds is 8. The summed E-state index contributed by atoms with van der Waals surface area (Å²) in [7, 11) is 2.20. The summed E-state index contributed by atoms with van der Waals surface area (Å²) in [5, 5.41) is 3.52. The van der Waals surface area contributed by atoms with Crippen LogP contribution in [-0.4, -0.2) is 24.6 Å². The zero-order valence-electron chi connectivity index (χ0n) is 14.0. The lowest BCUT2D eigenvalue weighted by atomic mass is 10.1. The van der Waals surface area contributed by atoms with Gasteiger partial charge in [-0.25, -0.2) is 0 Å². The molecular weight excluding hydrogens is 246 g/mol. The van der Waals surface area contributed by atoms with Crippen molar-refractivity contribution in [2.24, 2.45) is 5.92 Å². The van der Waals surface area contributed by atoms with E-state index in [0.29, 0.717) is 12.0 Å². The molecule has 1 aromatic heterocycles. The minimum atomic E-state index is 0.561. The van der Waals surface area contributed by atoms with Gasteiger partial charge in [-0.15, -0.1) is 0 Å². The molecule has 0 fully saturated rings. The van der Waals surface area contributed by atoms with Crippen molar-refractivity contribution < 1.29 is 0 Å². The van der Waals surface area contributed by atoms with Crippen molar-refractivity contribution >= 4 is 5.69 Å². The molecule has 0 saturated heterocycles. The highest BCUT2D eigenvalue weighted by atomic mass is 15.1. The molecule has 3 nitrogen and oxygen atoms in total. The summed E-state index contributed by atoms with van der Waals surface area (Å²) >= 11 is 0. The lowest BCUT2D eigenvalue weighted by Crippen LogP contribution is -2.30. The Morgan fingerprint density at radius 1 is 1.30 bits per heavy atom. The Balaban J connectivity index is 2.83. The van der Waals surface area contributed by atoms with Crippen LogP contribution in [0.25, 0.3) is 0 Å². The molecule has 0 aliphatic heterocycles. The van der Waals surface area contributed by atoms with E-state index in [4.69, 9.17) is 0 Å². The van der Waals surface area contributed by atoms with E-state index >= 15 is 0 Å². The van der Waals surface area contributed by atoms with Crippen molar-refractivity contribution in [2.45, 2.75) is 60.0 Å². The Kier molecular flexibility index (Phi) is 7.00. The zero-order valence-corrected chi connectivity index (χ0v) is 14.0. The Morgan fingerprint density at radius 2 is 2.00 bits per heavy atom. The van der Waals surface area contributed by atoms with Crippen LogP contribution in [-0.2, 0) is 6.54 Å². The Hall–Kier alpha value is -1.09. The Bertz CT molecular complexity index is 401. The van der Waals surface area contributed by atoms with E-state index < -0.39 is 0 Å². The predicted octanol–water partition coefficient (Wildman–Crippen LogP) is 3.76. The number of aromatic nitrogens is 1. The molecule has 1 heterocycles. The molecule has 0 aliphatic rings. The highest BCUT2D eigenvalue weighted by Crippen LogP contribution is 2.23. The molecule has 3 heteroatoms. The fourth-order valence-corrected chi connectivity index (χ4v) is 2.38. The molecule has 0 spiro atoms. The standard InChI is InChI=1S/C17H31N3/c1-7-8-15(5)20(6)17-9-14(4)19-12-16(17)11-18-10-13(2)3/h9,12-13,15,18H,7-8,10-11H2,1-6H3. The SMILES string of the molecule is CCCC(C)N(C)c1cc(C)ncc1CNCC(C)C. The molecule has 0 bridgehead atoms. The molecule has 1 unspecified atom stereocenters. The first kappa shape index (κ1) is 17.0. The summed E-state index contributed by atoms with van der Waals surface area (Å²) in [5.74, 6) is 0.675. The topological polar surface area (TPSA) is 28.2 Å². The molecule has 0 amide bonds. The van der Waals surface area contributed by atoms with Gasteiger partial charge in [0.1, 0.15) is 0 Å². The largest absolute Gasteiger partial charge is 0.372 e. The number of aryl methyl sites for hydroxylation is 1. The van der Waals surface area contributed by atoms with Crippen molar-refractivity contribution in [1.82, 2.24) is 10.3 Å². The van der Waals surface area contributed by atoms with E-state index in [9.17, 15) is 0 Å². The highest BCUT2D eigenvalue weighted by Gasteiger charge is 2.13. The molecule has 1 atom stereocenters. The fraction of sp³-hybridized carbons (Fsp3) is 0.706. The van der Waals surface area contributed by atoms with Crippen LogP contribution in [0.1, 0.15) is 51.8 Å². The minimum absolute atomic E-state index is 0.561. The van der Waals surface area contributed by atoms with E-state index in [1.165, 1.54) is 24.1 Å². The third-order valence-corrected chi connectivity index (χ3v) is 3.71. The van der Waals surface area contributed by atoms with Crippen LogP contribution in [0.3, 0.4) is 0 Å². The second-order valence-corrected chi connectivity index (χ2v) is 6.23. The molecule has 20 heavy (non-hydrogen) atoms. The zero-order chi connectivity index (χ0) is 15.1. The lowest BCUT2D eigenvalue weighted by molar-refractivity contribution is 0.549. The van der Waals surface area contributed by atoms with E-state index in [-0.39, 0.29) is 0 Å². The number of nitrogens with one attached hydrogen (secondary N) is 1. The Morgan fingerprint density at radius 3 is 2.60 bits per heavy atom. The second kappa shape index (κ2) is 8.25. The number of pyridine rings is 1. The van der Waals surface area contributed by atoms with Gasteiger partial charge < -0.3 is 10.2 Å². The van der Waals surface area contributed by atoms with E-state index in [0.717, 1.165) is 18.8 Å².